The molecule has 2 heterocycles. The molecule has 0 fully saturated rings. The van der Waals surface area contributed by atoms with Crippen LogP contribution in [0.5, 0.6) is 0 Å². The Bertz CT molecular complexity index is 612. The first-order valence-corrected chi connectivity index (χ1v) is 6.23. The van der Waals surface area contributed by atoms with Crippen molar-refractivity contribution in [3.63, 3.8) is 0 Å². The average molecular weight is 256 g/mol. The van der Waals surface area contributed by atoms with Gasteiger partial charge in [-0.25, -0.2) is 0 Å². The molecule has 0 saturated carbocycles. The highest BCUT2D eigenvalue weighted by Crippen LogP contribution is 2.19. The second-order valence-electron chi connectivity index (χ2n) is 4.86. The van der Waals surface area contributed by atoms with Gasteiger partial charge in [-0.3, -0.25) is 4.98 Å². The number of hydrogen-bond acceptors (Lipinski definition) is 5. The van der Waals surface area contributed by atoms with Gasteiger partial charge in [0.05, 0.1) is 6.07 Å². The van der Waals surface area contributed by atoms with E-state index in [9.17, 15) is 0 Å². The van der Waals surface area contributed by atoms with Crippen molar-refractivity contribution in [1.29, 1.82) is 5.26 Å². The third-order valence-corrected chi connectivity index (χ3v) is 2.86. The van der Waals surface area contributed by atoms with E-state index in [1.807, 2.05) is 26.8 Å². The van der Waals surface area contributed by atoms with Crippen LogP contribution in [0.1, 0.15) is 30.4 Å². The van der Waals surface area contributed by atoms with Gasteiger partial charge in [-0.2, -0.15) is 10.2 Å². The number of nitriles is 1. The van der Waals surface area contributed by atoms with Gasteiger partial charge in [-0.05, 0) is 30.9 Å². The Labute approximate surface area is 112 Å². The van der Waals surface area contributed by atoms with Crippen LogP contribution >= 0.6 is 0 Å². The molecule has 0 aromatic carbocycles. The summed E-state index contributed by atoms with van der Waals surface area (Å²) in [6.45, 7) is 5.96. The van der Waals surface area contributed by atoms with Crippen LogP contribution < -0.4 is 0 Å². The van der Waals surface area contributed by atoms with Crippen LogP contribution in [0, 0.1) is 31.1 Å². The standard InChI is InChI=1S/C14H16N4O/c1-9(4-5-15)7-12-17-14(18-19-12)13-11(3)6-10(2)8-16-13/h6,8-9H,4,7H2,1-3H3. The molecule has 0 aliphatic heterocycles. The number of nitrogens with zero attached hydrogens (tertiary/aromatic N) is 4. The summed E-state index contributed by atoms with van der Waals surface area (Å²) in [6, 6.07) is 4.18. The Morgan fingerprint density at radius 1 is 1.42 bits per heavy atom. The highest BCUT2D eigenvalue weighted by atomic mass is 16.5. The molecule has 2 aromatic heterocycles. The van der Waals surface area contributed by atoms with Crippen molar-refractivity contribution in [2.45, 2.75) is 33.6 Å². The fraction of sp³-hybridized carbons (Fsp3) is 0.429. The largest absolute Gasteiger partial charge is 0.339 e. The number of aryl methyl sites for hydroxylation is 2. The van der Waals surface area contributed by atoms with Crippen molar-refractivity contribution in [2.75, 3.05) is 0 Å². The molecule has 0 aliphatic rings. The van der Waals surface area contributed by atoms with Crippen LogP contribution in [-0.2, 0) is 6.42 Å². The number of rotatable bonds is 4. The van der Waals surface area contributed by atoms with Crippen molar-refractivity contribution in [3.8, 4) is 17.6 Å². The molecule has 2 aromatic rings. The van der Waals surface area contributed by atoms with E-state index in [0.29, 0.717) is 24.6 Å². The molecule has 0 radical (unpaired) electrons. The van der Waals surface area contributed by atoms with Gasteiger partial charge in [0.2, 0.25) is 11.7 Å². The first kappa shape index (κ1) is 13.2. The SMILES string of the molecule is Cc1cnc(-c2noc(CC(C)CC#N)n2)c(C)c1. The summed E-state index contributed by atoms with van der Waals surface area (Å²) in [5.41, 5.74) is 2.87. The minimum absolute atomic E-state index is 0.213. The first-order valence-electron chi connectivity index (χ1n) is 6.23. The third-order valence-electron chi connectivity index (χ3n) is 2.86. The van der Waals surface area contributed by atoms with Crippen LogP contribution in [0.25, 0.3) is 11.5 Å². The summed E-state index contributed by atoms with van der Waals surface area (Å²) >= 11 is 0. The summed E-state index contributed by atoms with van der Waals surface area (Å²) < 4.78 is 5.21. The molecule has 0 bridgehead atoms. The Kier molecular flexibility index (Phi) is 3.91. The monoisotopic (exact) mass is 256 g/mol. The molecule has 1 unspecified atom stereocenters. The summed E-state index contributed by atoms with van der Waals surface area (Å²) in [7, 11) is 0. The molecule has 0 amide bonds. The average Bonchev–Trinajstić information content (AvgIpc) is 2.77. The zero-order valence-electron chi connectivity index (χ0n) is 11.3. The summed E-state index contributed by atoms with van der Waals surface area (Å²) in [6.07, 6.45) is 2.89. The van der Waals surface area contributed by atoms with Gasteiger partial charge >= 0.3 is 0 Å². The maximum absolute atomic E-state index is 8.63. The topological polar surface area (TPSA) is 75.6 Å². The molecule has 5 heteroatoms. The first-order chi connectivity index (χ1) is 9.10. The Morgan fingerprint density at radius 2 is 2.21 bits per heavy atom. The lowest BCUT2D eigenvalue weighted by Crippen LogP contribution is -1.99. The maximum Gasteiger partial charge on any atom is 0.227 e. The van der Waals surface area contributed by atoms with Crippen molar-refractivity contribution in [3.05, 3.63) is 29.3 Å². The molecule has 98 valence electrons. The van der Waals surface area contributed by atoms with Gasteiger partial charge in [0.25, 0.3) is 0 Å². The van der Waals surface area contributed by atoms with E-state index in [1.54, 1.807) is 6.20 Å². The fourth-order valence-corrected chi connectivity index (χ4v) is 1.91. The van der Waals surface area contributed by atoms with Crippen molar-refractivity contribution in [1.82, 2.24) is 15.1 Å². The summed E-state index contributed by atoms with van der Waals surface area (Å²) in [4.78, 5) is 8.68. The zero-order valence-corrected chi connectivity index (χ0v) is 11.3. The van der Waals surface area contributed by atoms with Crippen molar-refractivity contribution in [2.24, 2.45) is 5.92 Å². The minimum atomic E-state index is 0.213. The molecule has 5 nitrogen and oxygen atoms in total. The summed E-state index contributed by atoms with van der Waals surface area (Å²) in [5, 5.41) is 12.6. The lowest BCUT2D eigenvalue weighted by Gasteiger charge is -2.01. The molecule has 2 rings (SSSR count). The van der Waals surface area contributed by atoms with E-state index < -0.39 is 0 Å². The second kappa shape index (κ2) is 5.61. The van der Waals surface area contributed by atoms with Gasteiger partial charge in [0.15, 0.2) is 0 Å². The minimum Gasteiger partial charge on any atom is -0.339 e. The van der Waals surface area contributed by atoms with Gasteiger partial charge < -0.3 is 4.52 Å². The third kappa shape index (κ3) is 3.16. The molecule has 1 atom stereocenters. The highest BCUT2D eigenvalue weighted by Gasteiger charge is 2.14. The van der Waals surface area contributed by atoms with Crippen LogP contribution in [0.15, 0.2) is 16.8 Å². The quantitative estimate of drug-likeness (QED) is 0.840. The molecule has 0 N–H and O–H groups in total. The predicted molar refractivity (Wildman–Crippen MR) is 70.1 cm³/mol. The zero-order chi connectivity index (χ0) is 13.8. The van der Waals surface area contributed by atoms with E-state index in [4.69, 9.17) is 9.78 Å². The van der Waals surface area contributed by atoms with Crippen LogP contribution in [0.2, 0.25) is 0 Å². The Morgan fingerprint density at radius 3 is 2.89 bits per heavy atom. The normalized spacial score (nSPS) is 12.1. The molecule has 0 aliphatic carbocycles. The van der Waals surface area contributed by atoms with Crippen LogP contribution in [-0.4, -0.2) is 15.1 Å². The van der Waals surface area contributed by atoms with Gasteiger partial charge in [-0.15, -0.1) is 0 Å². The van der Waals surface area contributed by atoms with Gasteiger partial charge in [0.1, 0.15) is 5.69 Å². The Hall–Kier alpha value is -2.22. The lowest BCUT2D eigenvalue weighted by atomic mass is 10.1. The van der Waals surface area contributed by atoms with E-state index in [2.05, 4.69) is 21.2 Å². The van der Waals surface area contributed by atoms with Crippen molar-refractivity contribution < 1.29 is 4.52 Å². The molecule has 19 heavy (non-hydrogen) atoms. The highest BCUT2D eigenvalue weighted by molar-refractivity contribution is 5.53. The molecule has 0 saturated heterocycles. The van der Waals surface area contributed by atoms with E-state index in [0.717, 1.165) is 16.8 Å². The predicted octanol–water partition coefficient (Wildman–Crippen LogP) is 2.84. The fourth-order valence-electron chi connectivity index (χ4n) is 1.91. The van der Waals surface area contributed by atoms with E-state index in [-0.39, 0.29) is 5.92 Å². The van der Waals surface area contributed by atoms with Crippen molar-refractivity contribution >= 4 is 0 Å². The molecular formula is C14H16N4O. The van der Waals surface area contributed by atoms with Crippen LogP contribution in [0.3, 0.4) is 0 Å². The second-order valence-corrected chi connectivity index (χ2v) is 4.86. The maximum atomic E-state index is 8.63. The number of hydrogen-bond donors (Lipinski definition) is 0. The van der Waals surface area contributed by atoms with E-state index >= 15 is 0 Å². The Balaban J connectivity index is 2.19. The van der Waals surface area contributed by atoms with Gasteiger partial charge in [-0.1, -0.05) is 18.1 Å². The lowest BCUT2D eigenvalue weighted by molar-refractivity contribution is 0.359. The van der Waals surface area contributed by atoms with E-state index in [1.165, 1.54) is 0 Å². The summed E-state index contributed by atoms with van der Waals surface area (Å²) in [5.74, 6) is 1.28. The molecule has 0 spiro atoms. The molecular weight excluding hydrogens is 240 g/mol. The number of pyridine rings is 1. The van der Waals surface area contributed by atoms with Gasteiger partial charge in [0, 0.05) is 19.0 Å². The number of aromatic nitrogens is 3. The van der Waals surface area contributed by atoms with Crippen LogP contribution in [0.4, 0.5) is 0 Å². The smallest absolute Gasteiger partial charge is 0.227 e.